The lowest BCUT2D eigenvalue weighted by Crippen LogP contribution is -2.57. The minimum absolute atomic E-state index is 0.209. The molecule has 3 N–H and O–H groups in total. The molecule has 8 nitrogen and oxygen atoms in total. The second-order valence-electron chi connectivity index (χ2n) is 9.15. The summed E-state index contributed by atoms with van der Waals surface area (Å²) >= 11 is 1.40. The van der Waals surface area contributed by atoms with E-state index in [1.54, 1.807) is 6.20 Å². The van der Waals surface area contributed by atoms with Crippen LogP contribution in [0.15, 0.2) is 41.9 Å². The molecule has 9 heteroatoms. The van der Waals surface area contributed by atoms with Crippen molar-refractivity contribution in [2.45, 2.75) is 70.6 Å². The molecule has 0 spiro atoms. The highest BCUT2D eigenvalue weighted by Crippen LogP contribution is 2.43. The number of nitrogens with one attached hydrogen (secondary N) is 1. The molecule has 186 valence electrons. The smallest absolute Gasteiger partial charge is 0.407 e. The van der Waals surface area contributed by atoms with Crippen molar-refractivity contribution in [2.24, 2.45) is 5.41 Å². The van der Waals surface area contributed by atoms with Gasteiger partial charge in [0, 0.05) is 23.5 Å². The second kappa shape index (κ2) is 12.2. The largest absolute Gasteiger partial charge is 0.469 e. The highest BCUT2D eigenvalue weighted by atomic mass is 32.1. The van der Waals surface area contributed by atoms with Gasteiger partial charge in [0.15, 0.2) is 6.10 Å². The van der Waals surface area contributed by atoms with Gasteiger partial charge < -0.3 is 25.2 Å². The zero-order chi connectivity index (χ0) is 24.6. The fourth-order valence-corrected chi connectivity index (χ4v) is 4.89. The predicted molar refractivity (Wildman–Crippen MR) is 131 cm³/mol. The number of benzene rings is 1. The number of unbranched alkanes of at least 4 members (excludes halogenated alkanes) is 1. The molecule has 3 rings (SSSR count). The minimum atomic E-state index is -1.47. The highest BCUT2D eigenvalue weighted by Gasteiger charge is 2.44. The summed E-state index contributed by atoms with van der Waals surface area (Å²) in [6.07, 6.45) is 3.66. The molecule has 1 unspecified atom stereocenters. The maximum absolute atomic E-state index is 13.0. The summed E-state index contributed by atoms with van der Waals surface area (Å²) in [5.74, 6) is -0.564. The number of aliphatic hydroxyl groups is 1. The van der Waals surface area contributed by atoms with E-state index >= 15 is 0 Å². The normalized spacial score (nSPS) is 17.1. The third kappa shape index (κ3) is 6.70. The van der Waals surface area contributed by atoms with E-state index < -0.39 is 24.1 Å². The van der Waals surface area contributed by atoms with Crippen LogP contribution in [0.5, 0.6) is 5.19 Å². The van der Waals surface area contributed by atoms with Gasteiger partial charge in [-0.05, 0) is 31.7 Å². The van der Waals surface area contributed by atoms with Crippen molar-refractivity contribution in [3.8, 4) is 5.19 Å². The van der Waals surface area contributed by atoms with Crippen LogP contribution in [-0.2, 0) is 4.79 Å². The molecule has 1 aromatic heterocycles. The van der Waals surface area contributed by atoms with Crippen molar-refractivity contribution in [2.75, 3.05) is 13.2 Å². The topological polar surface area (TPSA) is 112 Å². The van der Waals surface area contributed by atoms with Crippen LogP contribution in [-0.4, -0.2) is 57.4 Å². The minimum Gasteiger partial charge on any atom is -0.469 e. The Bertz CT molecular complexity index is 905. The van der Waals surface area contributed by atoms with Crippen LogP contribution >= 0.6 is 11.3 Å². The van der Waals surface area contributed by atoms with E-state index in [1.165, 1.54) is 16.2 Å². The number of aromatic nitrogens is 1. The second-order valence-corrected chi connectivity index (χ2v) is 10.0. The molecule has 0 saturated heterocycles. The maximum Gasteiger partial charge on any atom is 0.407 e. The van der Waals surface area contributed by atoms with Gasteiger partial charge in [-0.3, -0.25) is 4.79 Å². The number of carbonyl (C=O) groups is 2. The standard InChI is InChI=1S/C25H35N3O5S/c1-3-4-11-20(21(29)22(30)27-18(2)19-9-6-5-7-10-19)28(24(31)32)16-25(12-8-13-25)17-33-23-26-14-15-34-23/h5-7,9-10,14-15,18,20-21,29H,3-4,8,11-13,16-17H2,1-2H3,(H,27,30)(H,31,32)/t18-,20+,21?/m1/s1. The Balaban J connectivity index is 1.72. The summed E-state index contributed by atoms with van der Waals surface area (Å²) in [6.45, 7) is 4.41. The summed E-state index contributed by atoms with van der Waals surface area (Å²) in [5.41, 5.74) is 0.568. The maximum atomic E-state index is 13.0. The first-order valence-corrected chi connectivity index (χ1v) is 12.8. The van der Waals surface area contributed by atoms with Crippen LogP contribution in [0, 0.1) is 5.41 Å². The van der Waals surface area contributed by atoms with E-state index in [9.17, 15) is 19.8 Å². The van der Waals surface area contributed by atoms with Crippen molar-refractivity contribution < 1.29 is 24.5 Å². The summed E-state index contributed by atoms with van der Waals surface area (Å²) in [6, 6.07) is 8.33. The third-order valence-corrected chi connectivity index (χ3v) is 7.31. The number of thiazole rings is 1. The van der Waals surface area contributed by atoms with E-state index in [2.05, 4.69) is 10.3 Å². The lowest BCUT2D eigenvalue weighted by Gasteiger charge is -2.46. The zero-order valence-corrected chi connectivity index (χ0v) is 20.7. The van der Waals surface area contributed by atoms with Gasteiger partial charge in [-0.25, -0.2) is 9.78 Å². The Morgan fingerprint density at radius 1 is 1.29 bits per heavy atom. The Morgan fingerprint density at radius 3 is 2.59 bits per heavy atom. The molecular weight excluding hydrogens is 454 g/mol. The first-order chi connectivity index (χ1) is 16.3. The molecule has 0 radical (unpaired) electrons. The van der Waals surface area contributed by atoms with Crippen LogP contribution < -0.4 is 10.1 Å². The van der Waals surface area contributed by atoms with Gasteiger partial charge in [-0.1, -0.05) is 67.9 Å². The summed E-state index contributed by atoms with van der Waals surface area (Å²) in [4.78, 5) is 30.7. The van der Waals surface area contributed by atoms with Crippen molar-refractivity contribution >= 4 is 23.3 Å². The quantitative estimate of drug-likeness (QED) is 0.383. The van der Waals surface area contributed by atoms with Gasteiger partial charge in [0.1, 0.15) is 0 Å². The van der Waals surface area contributed by atoms with Crippen molar-refractivity contribution in [3.63, 3.8) is 0 Å². The third-order valence-electron chi connectivity index (χ3n) is 6.62. The fourth-order valence-electron chi connectivity index (χ4n) is 4.41. The molecule has 1 saturated carbocycles. The van der Waals surface area contributed by atoms with E-state index in [-0.39, 0.29) is 18.0 Å². The number of hydrogen-bond acceptors (Lipinski definition) is 6. The lowest BCUT2D eigenvalue weighted by atomic mass is 9.68. The number of ether oxygens (including phenoxy) is 1. The Kier molecular flexibility index (Phi) is 9.29. The van der Waals surface area contributed by atoms with Gasteiger partial charge in [0.05, 0.1) is 18.7 Å². The van der Waals surface area contributed by atoms with Gasteiger partial charge >= 0.3 is 6.09 Å². The molecule has 3 atom stereocenters. The molecular formula is C25H35N3O5S. The van der Waals surface area contributed by atoms with Crippen LogP contribution in [0.25, 0.3) is 0 Å². The molecule has 1 aromatic carbocycles. The molecule has 2 amide bonds. The molecule has 2 aromatic rings. The number of nitrogens with zero attached hydrogens (tertiary/aromatic N) is 2. The number of amides is 2. The predicted octanol–water partition coefficient (Wildman–Crippen LogP) is 4.47. The van der Waals surface area contributed by atoms with Gasteiger partial charge in [-0.15, -0.1) is 0 Å². The number of aliphatic hydroxyl groups excluding tert-OH is 1. The lowest BCUT2D eigenvalue weighted by molar-refractivity contribution is -0.134. The van der Waals surface area contributed by atoms with Crippen LogP contribution in [0.4, 0.5) is 4.79 Å². The van der Waals surface area contributed by atoms with E-state index in [1.807, 2.05) is 49.6 Å². The molecule has 1 heterocycles. The summed E-state index contributed by atoms with van der Waals surface area (Å²) in [5, 5.41) is 26.4. The number of carboxylic acid groups (broad SMARTS) is 1. The van der Waals surface area contributed by atoms with Crippen molar-refractivity contribution in [1.29, 1.82) is 0 Å². The van der Waals surface area contributed by atoms with E-state index in [0.29, 0.717) is 24.6 Å². The molecule has 1 fully saturated rings. The van der Waals surface area contributed by atoms with Crippen LogP contribution in [0.1, 0.15) is 64.0 Å². The van der Waals surface area contributed by atoms with Gasteiger partial charge in [0.25, 0.3) is 11.1 Å². The van der Waals surface area contributed by atoms with Crippen molar-refractivity contribution in [3.05, 3.63) is 47.5 Å². The zero-order valence-electron chi connectivity index (χ0n) is 19.9. The Morgan fingerprint density at radius 2 is 2.03 bits per heavy atom. The Hall–Kier alpha value is -2.65. The average molecular weight is 490 g/mol. The molecule has 0 aliphatic heterocycles. The number of carbonyl (C=O) groups excluding carboxylic acids is 1. The summed E-state index contributed by atoms with van der Waals surface area (Å²) in [7, 11) is 0. The monoisotopic (exact) mass is 489 g/mol. The molecule has 34 heavy (non-hydrogen) atoms. The molecule has 1 aliphatic rings. The average Bonchev–Trinajstić information content (AvgIpc) is 3.33. The molecule has 0 bridgehead atoms. The fraction of sp³-hybridized carbons (Fsp3) is 0.560. The highest BCUT2D eigenvalue weighted by molar-refractivity contribution is 7.11. The van der Waals surface area contributed by atoms with E-state index in [0.717, 1.165) is 31.2 Å². The first-order valence-electron chi connectivity index (χ1n) is 11.9. The Labute approximate surface area is 205 Å². The molecule has 1 aliphatic carbocycles. The number of rotatable bonds is 13. The number of hydrogen-bond donors (Lipinski definition) is 3. The SMILES string of the molecule is CCCC[C@@H](C(O)C(=O)N[C@H](C)c1ccccc1)N(CC1(COc2nccs2)CCC1)C(=O)O. The first kappa shape index (κ1) is 26.0. The summed E-state index contributed by atoms with van der Waals surface area (Å²) < 4.78 is 5.85. The van der Waals surface area contributed by atoms with Crippen molar-refractivity contribution in [1.82, 2.24) is 15.2 Å². The van der Waals surface area contributed by atoms with Gasteiger partial charge in [-0.2, -0.15) is 0 Å². The van der Waals surface area contributed by atoms with Crippen LogP contribution in [0.3, 0.4) is 0 Å². The van der Waals surface area contributed by atoms with Gasteiger partial charge in [0.2, 0.25) is 0 Å². The van der Waals surface area contributed by atoms with E-state index in [4.69, 9.17) is 4.74 Å². The van der Waals surface area contributed by atoms with Crippen LogP contribution in [0.2, 0.25) is 0 Å².